The number of morpholine rings is 1. The van der Waals surface area contributed by atoms with Gasteiger partial charge in [-0.1, -0.05) is 12.1 Å². The molecule has 22 heavy (non-hydrogen) atoms. The number of carbonyl (C=O) groups excluding carboxylic acids is 1. The Hall–Kier alpha value is -1.84. The Morgan fingerprint density at radius 2 is 1.86 bits per heavy atom. The summed E-state index contributed by atoms with van der Waals surface area (Å²) in [4.78, 5) is 23.6. The van der Waals surface area contributed by atoms with Crippen molar-refractivity contribution in [1.82, 2.24) is 14.3 Å². The SMILES string of the molecule is O=C1N(Sc2ccccc2[N+](=O)[O-])CCN1N1CCOCC1. The van der Waals surface area contributed by atoms with Crippen LogP contribution < -0.4 is 0 Å². The van der Waals surface area contributed by atoms with Crippen molar-refractivity contribution >= 4 is 23.7 Å². The second-order valence-corrected chi connectivity index (χ2v) is 5.95. The van der Waals surface area contributed by atoms with Crippen LogP contribution in [0.25, 0.3) is 0 Å². The van der Waals surface area contributed by atoms with E-state index in [0.717, 1.165) is 11.9 Å². The van der Waals surface area contributed by atoms with Gasteiger partial charge in [0.15, 0.2) is 0 Å². The zero-order valence-corrected chi connectivity index (χ0v) is 12.7. The van der Waals surface area contributed by atoms with Crippen molar-refractivity contribution < 1.29 is 14.5 Å². The van der Waals surface area contributed by atoms with Gasteiger partial charge in [0.2, 0.25) is 0 Å². The van der Waals surface area contributed by atoms with Gasteiger partial charge >= 0.3 is 6.03 Å². The van der Waals surface area contributed by atoms with Crippen LogP contribution >= 0.6 is 11.9 Å². The van der Waals surface area contributed by atoms with Crippen molar-refractivity contribution in [2.75, 3.05) is 39.4 Å². The van der Waals surface area contributed by atoms with Gasteiger partial charge in [-0.15, -0.1) is 0 Å². The third-order valence-electron chi connectivity index (χ3n) is 3.55. The predicted octanol–water partition coefficient (Wildman–Crippen LogP) is 1.59. The topological polar surface area (TPSA) is 79.2 Å². The molecule has 0 aliphatic carbocycles. The summed E-state index contributed by atoms with van der Waals surface area (Å²) in [5, 5.41) is 14.7. The summed E-state index contributed by atoms with van der Waals surface area (Å²) in [6.07, 6.45) is 0. The Morgan fingerprint density at radius 1 is 1.14 bits per heavy atom. The Bertz CT molecular complexity index is 579. The number of nitro groups is 1. The first-order chi connectivity index (χ1) is 10.7. The first kappa shape index (κ1) is 15.1. The maximum atomic E-state index is 12.5. The average Bonchev–Trinajstić information content (AvgIpc) is 2.89. The van der Waals surface area contributed by atoms with Gasteiger partial charge in [-0.2, -0.15) is 0 Å². The van der Waals surface area contributed by atoms with Gasteiger partial charge in [0.1, 0.15) is 4.90 Å². The normalized spacial score (nSPS) is 19.7. The smallest absolute Gasteiger partial charge is 0.344 e. The number of ether oxygens (including phenoxy) is 1. The van der Waals surface area contributed by atoms with Crippen molar-refractivity contribution in [2.24, 2.45) is 0 Å². The van der Waals surface area contributed by atoms with Crippen LogP contribution in [0.15, 0.2) is 29.2 Å². The zero-order valence-electron chi connectivity index (χ0n) is 11.9. The van der Waals surface area contributed by atoms with E-state index in [1.165, 1.54) is 6.07 Å². The Kier molecular flexibility index (Phi) is 4.46. The van der Waals surface area contributed by atoms with Crippen molar-refractivity contribution in [3.63, 3.8) is 0 Å². The Labute approximate surface area is 131 Å². The fourth-order valence-corrected chi connectivity index (χ4v) is 3.41. The lowest BCUT2D eigenvalue weighted by Gasteiger charge is -2.33. The molecule has 0 radical (unpaired) electrons. The van der Waals surface area contributed by atoms with Crippen LogP contribution in [0.2, 0.25) is 0 Å². The van der Waals surface area contributed by atoms with E-state index in [9.17, 15) is 14.9 Å². The molecule has 118 valence electrons. The number of hydrazine groups is 1. The predicted molar refractivity (Wildman–Crippen MR) is 80.2 cm³/mol. The maximum Gasteiger partial charge on any atom is 0.344 e. The van der Waals surface area contributed by atoms with Gasteiger partial charge in [-0.3, -0.25) is 19.4 Å². The third-order valence-corrected chi connectivity index (χ3v) is 4.65. The third kappa shape index (κ3) is 3.01. The van der Waals surface area contributed by atoms with E-state index in [1.54, 1.807) is 27.5 Å². The van der Waals surface area contributed by atoms with Crippen LogP contribution in [0.1, 0.15) is 0 Å². The average molecular weight is 324 g/mol. The summed E-state index contributed by atoms with van der Waals surface area (Å²) in [6, 6.07) is 6.32. The fraction of sp³-hybridized carbons (Fsp3) is 0.462. The minimum absolute atomic E-state index is 0.0186. The molecule has 2 fully saturated rings. The fourth-order valence-electron chi connectivity index (χ4n) is 2.45. The molecule has 2 amide bonds. The van der Waals surface area contributed by atoms with Gasteiger partial charge in [-0.05, 0) is 18.0 Å². The molecule has 3 rings (SSSR count). The molecule has 0 bridgehead atoms. The van der Waals surface area contributed by atoms with Gasteiger partial charge < -0.3 is 4.74 Å². The van der Waals surface area contributed by atoms with Crippen LogP contribution in [-0.4, -0.2) is 64.7 Å². The molecule has 1 aromatic carbocycles. The highest BCUT2D eigenvalue weighted by atomic mass is 32.2. The van der Waals surface area contributed by atoms with E-state index < -0.39 is 4.92 Å². The molecule has 0 atom stereocenters. The molecular formula is C13H16N4O4S. The maximum absolute atomic E-state index is 12.5. The molecule has 0 aromatic heterocycles. The summed E-state index contributed by atoms with van der Waals surface area (Å²) in [5.41, 5.74) is 0.0186. The summed E-state index contributed by atoms with van der Waals surface area (Å²) in [7, 11) is 0. The number of urea groups is 1. The van der Waals surface area contributed by atoms with Crippen LogP contribution in [0.3, 0.4) is 0 Å². The van der Waals surface area contributed by atoms with Crippen LogP contribution in [-0.2, 0) is 4.74 Å². The number of benzene rings is 1. The Balaban J connectivity index is 1.69. The highest BCUT2D eigenvalue weighted by Crippen LogP contribution is 2.33. The van der Waals surface area contributed by atoms with Crippen molar-refractivity contribution in [3.05, 3.63) is 34.4 Å². The lowest BCUT2D eigenvalue weighted by atomic mass is 10.3. The molecular weight excluding hydrogens is 308 g/mol. The standard InChI is InChI=1S/C13H16N4O4S/c18-13-15(14-7-9-21-10-8-14)5-6-16(13)22-12-4-2-1-3-11(12)17(19)20/h1-4H,5-10H2. The minimum atomic E-state index is -0.428. The van der Waals surface area contributed by atoms with Crippen LogP contribution in [0, 0.1) is 10.1 Å². The molecule has 0 N–H and O–H groups in total. The molecule has 0 spiro atoms. The number of carbonyl (C=O) groups is 1. The van der Waals surface area contributed by atoms with E-state index >= 15 is 0 Å². The van der Waals surface area contributed by atoms with Crippen molar-refractivity contribution in [3.8, 4) is 0 Å². The minimum Gasteiger partial charge on any atom is -0.379 e. The van der Waals surface area contributed by atoms with E-state index in [-0.39, 0.29) is 11.7 Å². The van der Waals surface area contributed by atoms with Gasteiger partial charge in [-0.25, -0.2) is 9.80 Å². The van der Waals surface area contributed by atoms with Gasteiger partial charge in [0, 0.05) is 19.2 Å². The number of para-hydroxylation sites is 1. The quantitative estimate of drug-likeness (QED) is 0.475. The largest absolute Gasteiger partial charge is 0.379 e. The monoisotopic (exact) mass is 324 g/mol. The number of nitrogens with zero attached hydrogens (tertiary/aromatic N) is 4. The summed E-state index contributed by atoms with van der Waals surface area (Å²) in [5.74, 6) is 0. The summed E-state index contributed by atoms with van der Waals surface area (Å²) in [6.45, 7) is 3.73. The van der Waals surface area contributed by atoms with Gasteiger partial charge in [0.05, 0.1) is 31.2 Å². The molecule has 2 aliphatic heterocycles. The van der Waals surface area contributed by atoms with E-state index in [4.69, 9.17) is 4.74 Å². The van der Waals surface area contributed by atoms with E-state index in [0.29, 0.717) is 44.3 Å². The lowest BCUT2D eigenvalue weighted by Crippen LogP contribution is -2.49. The zero-order chi connectivity index (χ0) is 15.5. The molecule has 9 heteroatoms. The van der Waals surface area contributed by atoms with Crippen molar-refractivity contribution in [2.45, 2.75) is 4.90 Å². The number of nitro benzene ring substituents is 1. The number of rotatable bonds is 4. The molecule has 0 saturated carbocycles. The summed E-state index contributed by atoms with van der Waals surface area (Å²) >= 11 is 1.12. The molecule has 2 heterocycles. The first-order valence-electron chi connectivity index (χ1n) is 7.00. The van der Waals surface area contributed by atoms with E-state index in [2.05, 4.69) is 0 Å². The van der Waals surface area contributed by atoms with E-state index in [1.807, 2.05) is 5.01 Å². The number of hydrogen-bond acceptors (Lipinski definition) is 6. The highest BCUT2D eigenvalue weighted by Gasteiger charge is 2.35. The highest BCUT2D eigenvalue weighted by molar-refractivity contribution is 7.97. The second-order valence-electron chi connectivity index (χ2n) is 4.89. The Morgan fingerprint density at radius 3 is 2.59 bits per heavy atom. The summed E-state index contributed by atoms with van der Waals surface area (Å²) < 4.78 is 6.85. The molecule has 2 saturated heterocycles. The molecule has 0 unspecified atom stereocenters. The first-order valence-corrected chi connectivity index (χ1v) is 7.77. The van der Waals surface area contributed by atoms with Crippen LogP contribution in [0.4, 0.5) is 10.5 Å². The number of amides is 2. The van der Waals surface area contributed by atoms with Crippen molar-refractivity contribution in [1.29, 1.82) is 0 Å². The molecule has 2 aliphatic rings. The second kappa shape index (κ2) is 6.51. The molecule has 8 nitrogen and oxygen atoms in total. The molecule has 1 aromatic rings. The number of hydrogen-bond donors (Lipinski definition) is 0. The lowest BCUT2D eigenvalue weighted by molar-refractivity contribution is -0.387. The van der Waals surface area contributed by atoms with Crippen LogP contribution in [0.5, 0.6) is 0 Å². The van der Waals surface area contributed by atoms with Gasteiger partial charge in [0.25, 0.3) is 5.69 Å².